The van der Waals surface area contributed by atoms with E-state index in [1.165, 1.54) is 4.88 Å². The summed E-state index contributed by atoms with van der Waals surface area (Å²) in [6.07, 6.45) is -2.81. The first-order valence-electron chi connectivity index (χ1n) is 8.73. The van der Waals surface area contributed by atoms with E-state index in [9.17, 15) is 13.2 Å². The molecule has 4 nitrogen and oxygen atoms in total. The van der Waals surface area contributed by atoms with Gasteiger partial charge < -0.3 is 10.6 Å². The molecule has 1 aliphatic rings. The van der Waals surface area contributed by atoms with Crippen molar-refractivity contribution in [2.45, 2.75) is 38.4 Å². The molecule has 1 aromatic heterocycles. The highest BCUT2D eigenvalue weighted by atomic mass is 32.1. The van der Waals surface area contributed by atoms with Gasteiger partial charge in [0.1, 0.15) is 0 Å². The Kier molecular flexibility index (Phi) is 7.56. The van der Waals surface area contributed by atoms with Crippen molar-refractivity contribution in [3.8, 4) is 0 Å². The van der Waals surface area contributed by atoms with E-state index in [0.29, 0.717) is 31.0 Å². The Hall–Kier alpha value is -1.28. The van der Waals surface area contributed by atoms with Gasteiger partial charge in [0.2, 0.25) is 0 Å². The van der Waals surface area contributed by atoms with Gasteiger partial charge in [-0.15, -0.1) is 11.3 Å². The van der Waals surface area contributed by atoms with Crippen LogP contribution >= 0.6 is 11.3 Å². The molecule has 0 amide bonds. The lowest BCUT2D eigenvalue weighted by molar-refractivity contribution is -0.132. The fourth-order valence-corrected chi connectivity index (χ4v) is 4.22. The van der Waals surface area contributed by atoms with E-state index in [1.807, 2.05) is 6.92 Å². The van der Waals surface area contributed by atoms with Gasteiger partial charge in [0.15, 0.2) is 5.96 Å². The van der Waals surface area contributed by atoms with E-state index >= 15 is 0 Å². The first kappa shape index (κ1) is 20.0. The molecule has 25 heavy (non-hydrogen) atoms. The molecule has 1 aliphatic heterocycles. The van der Waals surface area contributed by atoms with Gasteiger partial charge in [-0.2, -0.15) is 13.2 Å². The summed E-state index contributed by atoms with van der Waals surface area (Å²) in [6.45, 7) is 4.04. The van der Waals surface area contributed by atoms with E-state index in [4.69, 9.17) is 0 Å². The van der Waals surface area contributed by atoms with Gasteiger partial charge in [0, 0.05) is 30.6 Å². The van der Waals surface area contributed by atoms with Crippen LogP contribution in [0.3, 0.4) is 0 Å². The van der Waals surface area contributed by atoms with Crippen LogP contribution in [0.4, 0.5) is 13.2 Å². The summed E-state index contributed by atoms with van der Waals surface area (Å²) in [5, 5.41) is 7.90. The van der Waals surface area contributed by atoms with Crippen LogP contribution in [0.5, 0.6) is 0 Å². The molecular weight excluding hydrogens is 349 g/mol. The number of rotatable bonds is 6. The second-order valence-corrected chi connectivity index (χ2v) is 7.33. The Morgan fingerprint density at radius 3 is 2.84 bits per heavy atom. The molecule has 8 heteroatoms. The van der Waals surface area contributed by atoms with Gasteiger partial charge in [-0.1, -0.05) is 6.07 Å². The highest BCUT2D eigenvalue weighted by Crippen LogP contribution is 2.37. The summed E-state index contributed by atoms with van der Waals surface area (Å²) < 4.78 is 36.9. The van der Waals surface area contributed by atoms with Crippen molar-refractivity contribution in [2.24, 2.45) is 10.9 Å². The van der Waals surface area contributed by atoms with Gasteiger partial charge in [-0.05, 0) is 50.7 Å². The molecule has 1 fully saturated rings. The minimum Gasteiger partial charge on any atom is -0.357 e. The molecule has 0 radical (unpaired) electrons. The second-order valence-electron chi connectivity index (χ2n) is 6.35. The molecule has 0 aromatic carbocycles. The summed E-state index contributed by atoms with van der Waals surface area (Å²) in [7, 11) is 2.13. The quantitative estimate of drug-likeness (QED) is 0.588. The zero-order chi connectivity index (χ0) is 18.3. The molecule has 1 saturated heterocycles. The Morgan fingerprint density at radius 2 is 2.20 bits per heavy atom. The third-order valence-electron chi connectivity index (χ3n) is 4.37. The molecule has 0 saturated carbocycles. The molecule has 2 unspecified atom stereocenters. The van der Waals surface area contributed by atoms with Crippen LogP contribution < -0.4 is 10.6 Å². The SMILES string of the molecule is CCNC(=NCC1CCCN(C)C1c1cccs1)NCCC(F)(F)F. The average Bonchev–Trinajstić information content (AvgIpc) is 3.05. The average molecular weight is 376 g/mol. The lowest BCUT2D eigenvalue weighted by Crippen LogP contribution is -2.41. The summed E-state index contributed by atoms with van der Waals surface area (Å²) in [4.78, 5) is 8.25. The molecule has 2 heterocycles. The Labute approximate surface area is 151 Å². The third kappa shape index (κ3) is 6.51. The van der Waals surface area contributed by atoms with Crippen molar-refractivity contribution >= 4 is 17.3 Å². The molecule has 142 valence electrons. The van der Waals surface area contributed by atoms with E-state index in [2.05, 4.69) is 45.1 Å². The van der Waals surface area contributed by atoms with Crippen LogP contribution in [0.15, 0.2) is 22.5 Å². The highest BCUT2D eigenvalue weighted by molar-refractivity contribution is 7.10. The van der Waals surface area contributed by atoms with Crippen LogP contribution in [0.25, 0.3) is 0 Å². The highest BCUT2D eigenvalue weighted by Gasteiger charge is 2.31. The van der Waals surface area contributed by atoms with E-state index in [-0.39, 0.29) is 6.54 Å². The Bertz CT molecular complexity index is 530. The predicted molar refractivity (Wildman–Crippen MR) is 97.1 cm³/mol. The first-order valence-corrected chi connectivity index (χ1v) is 9.61. The first-order chi connectivity index (χ1) is 11.9. The molecule has 0 aliphatic carbocycles. The number of guanidine groups is 1. The standard InChI is InChI=1S/C17H27F3N4S/c1-3-21-16(22-9-8-17(18,19)20)23-12-13-6-4-10-24(2)15(13)14-7-5-11-25-14/h5,7,11,13,15H,3-4,6,8-10,12H2,1-2H3,(H2,21,22,23). The van der Waals surface area contributed by atoms with Crippen molar-refractivity contribution in [3.05, 3.63) is 22.4 Å². The third-order valence-corrected chi connectivity index (χ3v) is 5.31. The number of aliphatic imine (C=N–C) groups is 1. The van der Waals surface area contributed by atoms with E-state index in [0.717, 1.165) is 19.4 Å². The summed E-state index contributed by atoms with van der Waals surface area (Å²) in [6, 6.07) is 4.54. The molecule has 2 atom stereocenters. The van der Waals surface area contributed by atoms with Crippen molar-refractivity contribution in [3.63, 3.8) is 0 Å². The van der Waals surface area contributed by atoms with Crippen molar-refractivity contribution in [1.82, 2.24) is 15.5 Å². The van der Waals surface area contributed by atoms with Crippen LogP contribution in [0.1, 0.15) is 37.1 Å². The molecule has 1 aromatic rings. The Balaban J connectivity index is 1.99. The maximum Gasteiger partial charge on any atom is 0.390 e. The summed E-state index contributed by atoms with van der Waals surface area (Å²) in [5.74, 6) is 0.834. The number of hydrogen-bond donors (Lipinski definition) is 2. The lowest BCUT2D eigenvalue weighted by Gasteiger charge is -2.38. The summed E-state index contributed by atoms with van der Waals surface area (Å²) >= 11 is 1.75. The zero-order valence-electron chi connectivity index (χ0n) is 14.8. The maximum absolute atomic E-state index is 12.3. The summed E-state index contributed by atoms with van der Waals surface area (Å²) in [5.41, 5.74) is 0. The number of piperidine rings is 1. The minimum atomic E-state index is -4.15. The van der Waals surface area contributed by atoms with Gasteiger partial charge in [-0.3, -0.25) is 9.89 Å². The number of thiophene rings is 1. The van der Waals surface area contributed by atoms with Crippen molar-refractivity contribution in [1.29, 1.82) is 0 Å². The predicted octanol–water partition coefficient (Wildman–Crippen LogP) is 3.64. The van der Waals surface area contributed by atoms with Gasteiger partial charge in [0.05, 0.1) is 6.42 Å². The molecule has 2 N–H and O–H groups in total. The van der Waals surface area contributed by atoms with E-state index < -0.39 is 12.6 Å². The smallest absolute Gasteiger partial charge is 0.357 e. The second kappa shape index (κ2) is 9.43. The van der Waals surface area contributed by atoms with Gasteiger partial charge in [0.25, 0.3) is 0 Å². The monoisotopic (exact) mass is 376 g/mol. The molecular formula is C17H27F3N4S. The normalized spacial score (nSPS) is 22.8. The molecule has 0 bridgehead atoms. The van der Waals surface area contributed by atoms with Crippen LogP contribution in [0, 0.1) is 5.92 Å². The van der Waals surface area contributed by atoms with Crippen LogP contribution in [-0.4, -0.2) is 50.3 Å². The number of halogens is 3. The Morgan fingerprint density at radius 1 is 1.40 bits per heavy atom. The zero-order valence-corrected chi connectivity index (χ0v) is 15.6. The number of alkyl halides is 3. The number of likely N-dealkylation sites (tertiary alicyclic amines) is 1. The fourth-order valence-electron chi connectivity index (χ4n) is 3.23. The van der Waals surface area contributed by atoms with Gasteiger partial charge >= 0.3 is 6.18 Å². The van der Waals surface area contributed by atoms with Crippen LogP contribution in [-0.2, 0) is 0 Å². The van der Waals surface area contributed by atoms with Crippen LogP contribution in [0.2, 0.25) is 0 Å². The minimum absolute atomic E-state index is 0.158. The number of hydrogen-bond acceptors (Lipinski definition) is 3. The molecule has 2 rings (SSSR count). The van der Waals surface area contributed by atoms with E-state index in [1.54, 1.807) is 11.3 Å². The topological polar surface area (TPSA) is 39.7 Å². The maximum atomic E-state index is 12.3. The fraction of sp³-hybridized carbons (Fsp3) is 0.706. The number of nitrogens with one attached hydrogen (secondary N) is 2. The largest absolute Gasteiger partial charge is 0.390 e. The molecule has 0 spiro atoms. The van der Waals surface area contributed by atoms with Gasteiger partial charge in [-0.25, -0.2) is 0 Å². The lowest BCUT2D eigenvalue weighted by atomic mass is 9.88. The number of nitrogens with zero attached hydrogens (tertiary/aromatic N) is 2. The van der Waals surface area contributed by atoms with Crippen molar-refractivity contribution in [2.75, 3.05) is 33.2 Å². The van der Waals surface area contributed by atoms with Crippen molar-refractivity contribution < 1.29 is 13.2 Å².